The largest absolute Gasteiger partial charge is 0.365 e. The van der Waals surface area contributed by atoms with Crippen molar-refractivity contribution < 1.29 is 19.2 Å². The Hall–Kier alpha value is -0.960. The Bertz CT molecular complexity index is 530. The molecule has 0 atom stereocenters. The van der Waals surface area contributed by atoms with Gasteiger partial charge in [-0.1, -0.05) is 6.07 Å². The average Bonchev–Trinajstić information content (AvgIpc) is 2.64. The zero-order chi connectivity index (χ0) is 13.3. The van der Waals surface area contributed by atoms with Crippen LogP contribution in [0, 0.1) is 3.57 Å². The molecule has 1 saturated heterocycles. The minimum atomic E-state index is -0.718. The Morgan fingerprint density at radius 2 is 1.89 bits per heavy atom. The highest BCUT2D eigenvalue weighted by Gasteiger charge is 2.33. The maximum atomic E-state index is 11.9. The van der Waals surface area contributed by atoms with Crippen LogP contribution >= 0.6 is 38.5 Å². The molecular weight excluding hydrogens is 417 g/mol. The van der Waals surface area contributed by atoms with Crippen molar-refractivity contribution in [2.45, 2.75) is 12.8 Å². The average molecular weight is 424 g/mol. The van der Waals surface area contributed by atoms with Crippen molar-refractivity contribution in [3.05, 3.63) is 31.8 Å². The van der Waals surface area contributed by atoms with Crippen molar-refractivity contribution in [1.29, 1.82) is 0 Å². The van der Waals surface area contributed by atoms with Crippen LogP contribution in [0.25, 0.3) is 0 Å². The summed E-state index contributed by atoms with van der Waals surface area (Å²) in [6.07, 6.45) is 0.170. The summed E-state index contributed by atoms with van der Waals surface area (Å²) in [5.41, 5.74) is 0.303. The lowest BCUT2D eigenvalue weighted by molar-refractivity contribution is -0.172. The molecule has 0 N–H and O–H groups in total. The van der Waals surface area contributed by atoms with Crippen molar-refractivity contribution >= 4 is 56.3 Å². The first-order valence-electron chi connectivity index (χ1n) is 5.03. The number of amides is 2. The van der Waals surface area contributed by atoms with Gasteiger partial charge in [0.1, 0.15) is 0 Å². The summed E-state index contributed by atoms with van der Waals surface area (Å²) >= 11 is 5.27. The van der Waals surface area contributed by atoms with E-state index in [2.05, 4.69) is 15.9 Å². The van der Waals surface area contributed by atoms with Gasteiger partial charge in [0.2, 0.25) is 0 Å². The van der Waals surface area contributed by atoms with Gasteiger partial charge in [-0.15, -0.1) is 5.06 Å². The second kappa shape index (κ2) is 5.35. The van der Waals surface area contributed by atoms with E-state index in [1.54, 1.807) is 18.2 Å². The molecule has 0 unspecified atom stereocenters. The first kappa shape index (κ1) is 13.5. The van der Waals surface area contributed by atoms with Gasteiger partial charge in [0.05, 0.1) is 5.56 Å². The topological polar surface area (TPSA) is 63.7 Å². The fourth-order valence-electron chi connectivity index (χ4n) is 1.45. The van der Waals surface area contributed by atoms with Crippen LogP contribution in [0.5, 0.6) is 0 Å². The molecular formula is C11H7BrINO4. The summed E-state index contributed by atoms with van der Waals surface area (Å²) in [6.45, 7) is 0. The van der Waals surface area contributed by atoms with Crippen LogP contribution < -0.4 is 0 Å². The van der Waals surface area contributed by atoms with E-state index in [0.717, 1.165) is 4.47 Å². The highest BCUT2D eigenvalue weighted by Crippen LogP contribution is 2.24. The lowest BCUT2D eigenvalue weighted by Gasteiger charge is -2.13. The Morgan fingerprint density at radius 3 is 2.50 bits per heavy atom. The van der Waals surface area contributed by atoms with Crippen LogP contribution in [-0.4, -0.2) is 22.8 Å². The quantitative estimate of drug-likeness (QED) is 0.540. The monoisotopic (exact) mass is 423 g/mol. The fourth-order valence-corrected chi connectivity index (χ4v) is 2.40. The molecule has 18 heavy (non-hydrogen) atoms. The van der Waals surface area contributed by atoms with E-state index in [1.807, 2.05) is 22.6 Å². The summed E-state index contributed by atoms with van der Waals surface area (Å²) in [4.78, 5) is 39.3. The van der Waals surface area contributed by atoms with E-state index in [4.69, 9.17) is 4.84 Å². The third-order valence-electron chi connectivity index (χ3n) is 2.35. The normalized spacial score (nSPS) is 15.1. The molecule has 1 heterocycles. The number of hydroxylamine groups is 2. The molecule has 1 aromatic rings. The SMILES string of the molecule is O=C(ON1C(=O)CCC1=O)c1cccc(Br)c1I. The molecule has 0 spiro atoms. The number of nitrogens with zero attached hydrogens (tertiary/aromatic N) is 1. The number of hydrogen-bond acceptors (Lipinski definition) is 4. The molecule has 7 heteroatoms. The van der Waals surface area contributed by atoms with E-state index >= 15 is 0 Å². The second-order valence-electron chi connectivity index (χ2n) is 3.56. The van der Waals surface area contributed by atoms with Crippen LogP contribution in [0.1, 0.15) is 23.2 Å². The van der Waals surface area contributed by atoms with Gasteiger partial charge < -0.3 is 4.84 Å². The number of halogens is 2. The number of imide groups is 1. The summed E-state index contributed by atoms with van der Waals surface area (Å²) in [7, 11) is 0. The molecule has 0 bridgehead atoms. The van der Waals surface area contributed by atoms with Gasteiger partial charge in [0.25, 0.3) is 11.8 Å². The highest BCUT2D eigenvalue weighted by atomic mass is 127. The smallest absolute Gasteiger partial charge is 0.325 e. The molecule has 1 aromatic carbocycles. The minimum Gasteiger partial charge on any atom is -0.325 e. The molecule has 2 rings (SSSR count). The van der Waals surface area contributed by atoms with Gasteiger partial charge in [0, 0.05) is 20.9 Å². The summed E-state index contributed by atoms with van der Waals surface area (Å²) in [5, 5.41) is 0.541. The van der Waals surface area contributed by atoms with Gasteiger partial charge >= 0.3 is 5.97 Å². The Morgan fingerprint density at radius 1 is 1.28 bits per heavy atom. The van der Waals surface area contributed by atoms with E-state index in [0.29, 0.717) is 14.2 Å². The molecule has 2 amide bonds. The van der Waals surface area contributed by atoms with Gasteiger partial charge in [-0.05, 0) is 50.7 Å². The van der Waals surface area contributed by atoms with Gasteiger partial charge in [-0.3, -0.25) is 9.59 Å². The third-order valence-corrected chi connectivity index (χ3v) is 4.92. The van der Waals surface area contributed by atoms with Crippen LogP contribution in [0.3, 0.4) is 0 Å². The molecule has 0 saturated carbocycles. The zero-order valence-electron chi connectivity index (χ0n) is 8.98. The summed E-state index contributed by atoms with van der Waals surface area (Å²) in [6, 6.07) is 5.03. The van der Waals surface area contributed by atoms with Crippen LogP contribution in [0.2, 0.25) is 0 Å². The molecule has 94 valence electrons. The van der Waals surface area contributed by atoms with Gasteiger partial charge in [-0.25, -0.2) is 4.79 Å². The molecule has 1 aliphatic heterocycles. The van der Waals surface area contributed by atoms with Gasteiger partial charge in [-0.2, -0.15) is 0 Å². The Balaban J connectivity index is 2.20. The van der Waals surface area contributed by atoms with E-state index in [9.17, 15) is 14.4 Å². The molecule has 5 nitrogen and oxygen atoms in total. The number of carbonyl (C=O) groups is 3. The predicted octanol–water partition coefficient (Wildman–Crippen LogP) is 2.27. The zero-order valence-corrected chi connectivity index (χ0v) is 12.7. The van der Waals surface area contributed by atoms with E-state index in [1.165, 1.54) is 0 Å². The Kier molecular flexibility index (Phi) is 4.00. The first-order valence-corrected chi connectivity index (χ1v) is 6.90. The highest BCUT2D eigenvalue weighted by molar-refractivity contribution is 14.1. The second-order valence-corrected chi connectivity index (χ2v) is 5.50. The van der Waals surface area contributed by atoms with Crippen molar-refractivity contribution in [3.63, 3.8) is 0 Å². The predicted molar refractivity (Wildman–Crippen MR) is 73.4 cm³/mol. The van der Waals surface area contributed by atoms with Crippen molar-refractivity contribution in [2.75, 3.05) is 0 Å². The summed E-state index contributed by atoms with van der Waals surface area (Å²) in [5.74, 6) is -1.69. The van der Waals surface area contributed by atoms with E-state index < -0.39 is 17.8 Å². The lowest BCUT2D eigenvalue weighted by atomic mass is 10.2. The van der Waals surface area contributed by atoms with Crippen LogP contribution in [0.15, 0.2) is 22.7 Å². The number of benzene rings is 1. The van der Waals surface area contributed by atoms with Gasteiger partial charge in [0.15, 0.2) is 0 Å². The maximum Gasteiger partial charge on any atom is 0.365 e. The number of rotatable bonds is 2. The molecule has 1 fully saturated rings. The van der Waals surface area contributed by atoms with E-state index in [-0.39, 0.29) is 12.8 Å². The van der Waals surface area contributed by atoms with Crippen molar-refractivity contribution in [1.82, 2.24) is 5.06 Å². The van der Waals surface area contributed by atoms with Crippen molar-refractivity contribution in [2.24, 2.45) is 0 Å². The molecule has 0 radical (unpaired) electrons. The fraction of sp³-hybridized carbons (Fsp3) is 0.182. The van der Waals surface area contributed by atoms with Crippen LogP contribution in [-0.2, 0) is 14.4 Å². The standard InChI is InChI=1S/C11H7BrINO4/c12-7-3-1-2-6(10(7)13)11(17)18-14-8(15)4-5-9(14)16/h1-3H,4-5H2. The van der Waals surface area contributed by atoms with Crippen LogP contribution in [0.4, 0.5) is 0 Å². The first-order chi connectivity index (χ1) is 8.50. The van der Waals surface area contributed by atoms with Crippen molar-refractivity contribution in [3.8, 4) is 0 Å². The summed E-state index contributed by atoms with van der Waals surface area (Å²) < 4.78 is 1.41. The third kappa shape index (κ3) is 2.56. The Labute approximate surface area is 125 Å². The molecule has 0 aromatic heterocycles. The molecule has 0 aliphatic carbocycles. The number of carbonyl (C=O) groups excluding carboxylic acids is 3. The maximum absolute atomic E-state index is 11.9. The lowest BCUT2D eigenvalue weighted by Crippen LogP contribution is -2.32. The number of hydrogen-bond donors (Lipinski definition) is 0. The minimum absolute atomic E-state index is 0.0850. The molecule has 1 aliphatic rings.